The molecule has 0 bridgehead atoms. The molecule has 1 fully saturated rings. The lowest BCUT2D eigenvalue weighted by molar-refractivity contribution is -0.134. The minimum Gasteiger partial charge on any atom is -0.493 e. The maximum absolute atomic E-state index is 13.7. The summed E-state index contributed by atoms with van der Waals surface area (Å²) in [4.78, 5) is 15.1. The topological polar surface area (TPSA) is 66.9 Å². The number of hydrogen-bond acceptors (Lipinski definition) is 4. The normalized spacial score (nSPS) is 18.2. The summed E-state index contributed by atoms with van der Waals surface area (Å²) in [5.41, 5.74) is 0.260. The minimum atomic E-state index is -3.96. The highest BCUT2D eigenvalue weighted by Gasteiger charge is 2.43. The number of nitrogens with zero attached hydrogens (tertiary/aromatic N) is 2. The van der Waals surface area contributed by atoms with Crippen LogP contribution in [0.3, 0.4) is 0 Å². The van der Waals surface area contributed by atoms with Gasteiger partial charge in [-0.2, -0.15) is 4.31 Å². The van der Waals surface area contributed by atoms with Gasteiger partial charge >= 0.3 is 0 Å². The van der Waals surface area contributed by atoms with Crippen molar-refractivity contribution in [2.24, 2.45) is 5.41 Å². The Morgan fingerprint density at radius 3 is 2.42 bits per heavy atom. The summed E-state index contributed by atoms with van der Waals surface area (Å²) >= 11 is 18.4. The lowest BCUT2D eigenvalue weighted by Gasteiger charge is -2.42. The van der Waals surface area contributed by atoms with E-state index < -0.39 is 15.4 Å². The van der Waals surface area contributed by atoms with Crippen molar-refractivity contribution < 1.29 is 17.9 Å². The molecular formula is C28H29Cl3N2O4S. The molecule has 0 saturated carbocycles. The molecule has 4 rings (SSSR count). The molecule has 3 aromatic rings. The number of ether oxygens (including phenoxy) is 1. The van der Waals surface area contributed by atoms with Crippen molar-refractivity contribution in [1.82, 2.24) is 9.21 Å². The van der Waals surface area contributed by atoms with Crippen LogP contribution in [0.15, 0.2) is 77.7 Å². The Hall–Kier alpha value is -2.29. The lowest BCUT2D eigenvalue weighted by atomic mass is 9.78. The number of halogens is 3. The Bertz CT molecular complexity index is 1370. The van der Waals surface area contributed by atoms with E-state index in [0.717, 1.165) is 5.56 Å². The summed E-state index contributed by atoms with van der Waals surface area (Å²) < 4.78 is 34.8. The number of benzene rings is 3. The van der Waals surface area contributed by atoms with Crippen molar-refractivity contribution >= 4 is 50.7 Å². The summed E-state index contributed by atoms with van der Waals surface area (Å²) in [6.07, 6.45) is 1.32. The van der Waals surface area contributed by atoms with Crippen molar-refractivity contribution in [3.63, 3.8) is 0 Å². The van der Waals surface area contributed by atoms with E-state index >= 15 is 0 Å². The smallest absolute Gasteiger partial charge is 0.244 e. The Morgan fingerprint density at radius 1 is 1.00 bits per heavy atom. The van der Waals surface area contributed by atoms with Crippen LogP contribution in [0.25, 0.3) is 0 Å². The molecule has 1 amide bonds. The first-order chi connectivity index (χ1) is 18.1. The second kappa shape index (κ2) is 12.3. The molecule has 10 heteroatoms. The van der Waals surface area contributed by atoms with Gasteiger partial charge < -0.3 is 9.64 Å². The van der Waals surface area contributed by atoms with Gasteiger partial charge in [-0.15, -0.1) is 0 Å². The third kappa shape index (κ3) is 6.82. The van der Waals surface area contributed by atoms with Crippen LogP contribution in [-0.2, 0) is 21.4 Å². The summed E-state index contributed by atoms with van der Waals surface area (Å²) in [6, 6.07) is 21.2. The highest BCUT2D eigenvalue weighted by Crippen LogP contribution is 2.39. The largest absolute Gasteiger partial charge is 0.493 e. The third-order valence-electron chi connectivity index (χ3n) is 6.73. The molecule has 202 valence electrons. The fraction of sp³-hybridized carbons (Fsp3) is 0.321. The molecule has 0 N–H and O–H groups in total. The van der Waals surface area contributed by atoms with Crippen molar-refractivity contribution in [2.75, 3.05) is 26.7 Å². The van der Waals surface area contributed by atoms with Crippen molar-refractivity contribution in [3.05, 3.63) is 93.4 Å². The highest BCUT2D eigenvalue weighted by atomic mass is 35.5. The van der Waals surface area contributed by atoms with Gasteiger partial charge in [-0.3, -0.25) is 4.79 Å². The fourth-order valence-corrected chi connectivity index (χ4v) is 7.13. The number of sulfonamides is 1. The maximum atomic E-state index is 13.7. The van der Waals surface area contributed by atoms with E-state index in [9.17, 15) is 13.2 Å². The molecule has 0 unspecified atom stereocenters. The van der Waals surface area contributed by atoms with E-state index in [-0.39, 0.29) is 40.4 Å². The fourth-order valence-electron chi connectivity index (χ4n) is 4.67. The van der Waals surface area contributed by atoms with Crippen molar-refractivity contribution in [3.8, 4) is 5.75 Å². The highest BCUT2D eigenvalue weighted by molar-refractivity contribution is 7.89. The number of amides is 1. The van der Waals surface area contributed by atoms with E-state index in [4.69, 9.17) is 39.5 Å². The Labute approximate surface area is 239 Å². The zero-order valence-electron chi connectivity index (χ0n) is 20.9. The van der Waals surface area contributed by atoms with Crippen molar-refractivity contribution in [2.45, 2.75) is 30.7 Å². The van der Waals surface area contributed by atoms with Gasteiger partial charge in [0.1, 0.15) is 10.6 Å². The van der Waals surface area contributed by atoms with Crippen LogP contribution in [0.1, 0.15) is 24.8 Å². The van der Waals surface area contributed by atoms with E-state index in [1.165, 1.54) is 10.4 Å². The second-order valence-electron chi connectivity index (χ2n) is 9.65. The first kappa shape index (κ1) is 28.7. The van der Waals surface area contributed by atoms with Gasteiger partial charge in [-0.05, 0) is 54.8 Å². The number of piperidine rings is 1. The molecule has 1 aliphatic rings. The van der Waals surface area contributed by atoms with Crippen LogP contribution in [0, 0.1) is 5.41 Å². The van der Waals surface area contributed by atoms with E-state index in [0.29, 0.717) is 36.7 Å². The van der Waals surface area contributed by atoms with Gasteiger partial charge in [0, 0.05) is 43.5 Å². The molecule has 0 radical (unpaired) electrons. The van der Waals surface area contributed by atoms with E-state index in [1.807, 2.05) is 30.3 Å². The molecule has 0 aromatic heterocycles. The van der Waals surface area contributed by atoms with Crippen LogP contribution < -0.4 is 4.74 Å². The second-order valence-corrected chi connectivity index (χ2v) is 12.8. The first-order valence-electron chi connectivity index (χ1n) is 12.2. The molecule has 1 heterocycles. The van der Waals surface area contributed by atoms with Crippen LogP contribution >= 0.6 is 34.8 Å². The zero-order chi connectivity index (χ0) is 27.3. The van der Waals surface area contributed by atoms with Crippen LogP contribution in [0.2, 0.25) is 15.1 Å². The van der Waals surface area contributed by atoms with Gasteiger partial charge in [0.2, 0.25) is 15.9 Å². The number of rotatable bonds is 9. The SMILES string of the molecule is CN(Cc1ccccc1)C(=O)C[C@@]1(COc2ccc(Cl)cc2)CCCN(S(=O)(=O)c2cccc(Cl)c2Cl)C1. The Morgan fingerprint density at radius 2 is 1.71 bits per heavy atom. The van der Waals surface area contributed by atoms with E-state index in [1.54, 1.807) is 48.3 Å². The predicted molar refractivity (Wildman–Crippen MR) is 151 cm³/mol. The maximum Gasteiger partial charge on any atom is 0.244 e. The van der Waals surface area contributed by atoms with Gasteiger partial charge in [0.25, 0.3) is 0 Å². The standard InChI is InChI=1S/C28H29Cl3N2O4S/c1-32(18-21-7-3-2-4-8-21)26(34)17-28(20-37-23-13-11-22(29)12-14-23)15-6-16-33(19-28)38(35,36)25-10-5-9-24(30)27(25)31/h2-5,7-14H,6,15-20H2,1H3/t28-/m0/s1. The summed E-state index contributed by atoms with van der Waals surface area (Å²) in [7, 11) is -2.20. The molecule has 1 aliphatic heterocycles. The Balaban J connectivity index is 1.59. The molecule has 6 nitrogen and oxygen atoms in total. The molecule has 0 spiro atoms. The Kier molecular flexibility index (Phi) is 9.27. The van der Waals surface area contributed by atoms with Gasteiger partial charge in [0.15, 0.2) is 0 Å². The number of carbonyl (C=O) groups excluding carboxylic acids is 1. The zero-order valence-corrected chi connectivity index (χ0v) is 24.0. The lowest BCUT2D eigenvalue weighted by Crippen LogP contribution is -2.50. The van der Waals surface area contributed by atoms with E-state index in [2.05, 4.69) is 0 Å². The van der Waals surface area contributed by atoms with Gasteiger partial charge in [-0.25, -0.2) is 8.42 Å². The average Bonchev–Trinajstić information content (AvgIpc) is 2.90. The molecule has 1 saturated heterocycles. The molecule has 3 aromatic carbocycles. The van der Waals surface area contributed by atoms with Gasteiger partial charge in [-0.1, -0.05) is 71.2 Å². The molecular weight excluding hydrogens is 567 g/mol. The summed E-state index contributed by atoms with van der Waals surface area (Å²) in [5.74, 6) is 0.505. The average molecular weight is 596 g/mol. The summed E-state index contributed by atoms with van der Waals surface area (Å²) in [5, 5.41) is 0.735. The third-order valence-corrected chi connectivity index (χ3v) is 9.80. The van der Waals surface area contributed by atoms with Crippen LogP contribution in [0.5, 0.6) is 5.75 Å². The monoisotopic (exact) mass is 594 g/mol. The molecule has 38 heavy (non-hydrogen) atoms. The summed E-state index contributed by atoms with van der Waals surface area (Å²) in [6.45, 7) is 1.03. The number of carbonyl (C=O) groups is 1. The quantitative estimate of drug-likeness (QED) is 0.282. The predicted octanol–water partition coefficient (Wildman–Crippen LogP) is 6.55. The van der Waals surface area contributed by atoms with Gasteiger partial charge in [0.05, 0.1) is 16.7 Å². The first-order valence-corrected chi connectivity index (χ1v) is 14.8. The molecule has 0 aliphatic carbocycles. The van der Waals surface area contributed by atoms with Crippen LogP contribution in [0.4, 0.5) is 0 Å². The van der Waals surface area contributed by atoms with Crippen molar-refractivity contribution in [1.29, 1.82) is 0 Å². The minimum absolute atomic E-state index is 0.0126. The molecule has 1 atom stereocenters. The van der Waals surface area contributed by atoms with Crippen LogP contribution in [-0.4, -0.2) is 50.3 Å². The number of hydrogen-bond donors (Lipinski definition) is 0.